The molecule has 1 aliphatic rings. The van der Waals surface area contributed by atoms with Crippen molar-refractivity contribution in [2.45, 2.75) is 24.9 Å². The van der Waals surface area contributed by atoms with Gasteiger partial charge in [0.2, 0.25) is 0 Å². The zero-order valence-electron chi connectivity index (χ0n) is 10.4. The molecule has 0 saturated carbocycles. The molecular weight excluding hydrogens is 259 g/mol. The van der Waals surface area contributed by atoms with Gasteiger partial charge in [0.15, 0.2) is 0 Å². The lowest BCUT2D eigenvalue weighted by Crippen LogP contribution is -2.38. The molecule has 0 saturated heterocycles. The summed E-state index contributed by atoms with van der Waals surface area (Å²) in [4.78, 5) is 10.8. The van der Waals surface area contributed by atoms with Crippen LogP contribution < -0.4 is 10.1 Å². The van der Waals surface area contributed by atoms with Crippen LogP contribution >= 0.6 is 0 Å². The van der Waals surface area contributed by atoms with Crippen LogP contribution in [0.25, 0.3) is 0 Å². The molecule has 104 valence electrons. The molecule has 0 fully saturated rings. The van der Waals surface area contributed by atoms with Gasteiger partial charge in [0.05, 0.1) is 7.11 Å². The van der Waals surface area contributed by atoms with E-state index in [9.17, 15) is 18.0 Å². The molecule has 0 heterocycles. The number of carbonyl (C=O) groups excluding carboxylic acids is 1. The van der Waals surface area contributed by atoms with Crippen molar-refractivity contribution in [3.8, 4) is 5.75 Å². The molecule has 1 aromatic carbocycles. The Hall–Kier alpha value is -1.72. The van der Waals surface area contributed by atoms with Crippen molar-refractivity contribution in [3.05, 3.63) is 29.3 Å². The van der Waals surface area contributed by atoms with Gasteiger partial charge in [-0.1, -0.05) is 6.07 Å². The first-order valence-corrected chi connectivity index (χ1v) is 5.93. The van der Waals surface area contributed by atoms with Gasteiger partial charge >= 0.3 is 12.1 Å². The van der Waals surface area contributed by atoms with E-state index in [2.05, 4.69) is 0 Å². The molecule has 0 bridgehead atoms. The molecular formula is C13H14F3NO2. The molecule has 1 aromatic rings. The number of halogens is 3. The molecule has 0 radical (unpaired) electrons. The Labute approximate surface area is 108 Å². The first-order chi connectivity index (χ1) is 8.91. The van der Waals surface area contributed by atoms with Crippen LogP contribution in [0, 0.1) is 0 Å². The quantitative estimate of drug-likeness (QED) is 0.918. The highest BCUT2D eigenvalue weighted by atomic mass is 19.4. The molecule has 1 amide bonds. The molecule has 0 unspecified atom stereocenters. The predicted octanol–water partition coefficient (Wildman–Crippen LogP) is 2.40. The first kappa shape index (κ1) is 13.7. The highest BCUT2D eigenvalue weighted by Gasteiger charge is 2.39. The second-order valence-electron chi connectivity index (χ2n) is 4.51. The first-order valence-electron chi connectivity index (χ1n) is 5.93. The van der Waals surface area contributed by atoms with E-state index in [0.717, 1.165) is 24.0 Å². The van der Waals surface area contributed by atoms with E-state index in [1.807, 2.05) is 23.5 Å². The van der Waals surface area contributed by atoms with Gasteiger partial charge in [-0.15, -0.1) is 0 Å². The van der Waals surface area contributed by atoms with E-state index in [1.165, 1.54) is 7.11 Å². The number of aryl methyl sites for hydroxylation is 1. The van der Waals surface area contributed by atoms with Crippen LogP contribution in [-0.2, 0) is 11.2 Å². The van der Waals surface area contributed by atoms with Gasteiger partial charge in [-0.05, 0) is 36.1 Å². The third-order valence-corrected chi connectivity index (χ3v) is 3.32. The Morgan fingerprint density at radius 2 is 2.21 bits per heavy atom. The molecule has 0 spiro atoms. The second-order valence-corrected chi connectivity index (χ2v) is 4.51. The Kier molecular flexibility index (Phi) is 3.68. The van der Waals surface area contributed by atoms with Crippen molar-refractivity contribution in [1.29, 1.82) is 0 Å². The summed E-state index contributed by atoms with van der Waals surface area (Å²) in [7, 11) is 1.54. The van der Waals surface area contributed by atoms with Crippen molar-refractivity contribution in [3.63, 3.8) is 0 Å². The van der Waals surface area contributed by atoms with Gasteiger partial charge in [-0.25, -0.2) is 0 Å². The molecule has 0 aliphatic heterocycles. The number of fused-ring (bicyclic) bond motifs is 1. The van der Waals surface area contributed by atoms with Crippen LogP contribution in [0.4, 0.5) is 13.2 Å². The summed E-state index contributed by atoms with van der Waals surface area (Å²) in [6.45, 7) is -0.00148. The number of methoxy groups -OCH3 is 1. The summed E-state index contributed by atoms with van der Waals surface area (Å²) >= 11 is 0. The highest BCUT2D eigenvalue weighted by molar-refractivity contribution is 5.81. The number of benzene rings is 1. The lowest BCUT2D eigenvalue weighted by molar-refractivity contribution is -0.173. The number of ether oxygens (including phenoxy) is 1. The van der Waals surface area contributed by atoms with Crippen molar-refractivity contribution >= 4 is 5.91 Å². The minimum absolute atomic E-state index is 0.00148. The molecule has 1 N–H and O–H groups in total. The van der Waals surface area contributed by atoms with Gasteiger partial charge in [0.1, 0.15) is 5.75 Å². The molecule has 0 aromatic heterocycles. The van der Waals surface area contributed by atoms with E-state index in [1.54, 1.807) is 0 Å². The van der Waals surface area contributed by atoms with E-state index < -0.39 is 12.1 Å². The number of nitrogens with one attached hydrogen (secondary N) is 1. The van der Waals surface area contributed by atoms with E-state index in [0.29, 0.717) is 5.75 Å². The standard InChI is InChI=1S/C13H14F3NO2/c1-19-10-5-4-8-2-3-9(11(8)6-10)7-17-12(18)13(14,15)16/h4-6,9H,2-3,7H2,1H3,(H,17,18)/t9-/m1/s1. The Morgan fingerprint density at radius 3 is 2.84 bits per heavy atom. The third-order valence-electron chi connectivity index (χ3n) is 3.32. The number of amides is 1. The summed E-state index contributed by atoms with van der Waals surface area (Å²) in [6.07, 6.45) is -3.28. The van der Waals surface area contributed by atoms with E-state index in [-0.39, 0.29) is 12.5 Å². The summed E-state index contributed by atoms with van der Waals surface area (Å²) in [5.74, 6) is -1.30. The number of alkyl halides is 3. The van der Waals surface area contributed by atoms with Crippen LogP contribution in [-0.4, -0.2) is 25.7 Å². The largest absolute Gasteiger partial charge is 0.497 e. The van der Waals surface area contributed by atoms with Crippen LogP contribution in [0.15, 0.2) is 18.2 Å². The van der Waals surface area contributed by atoms with Gasteiger partial charge in [-0.3, -0.25) is 4.79 Å². The SMILES string of the molecule is COc1ccc2c(c1)[C@@H](CNC(=O)C(F)(F)F)CC2. The zero-order valence-corrected chi connectivity index (χ0v) is 10.4. The molecule has 2 rings (SSSR count). The van der Waals surface area contributed by atoms with Crippen LogP contribution in [0.2, 0.25) is 0 Å². The van der Waals surface area contributed by atoms with Crippen LogP contribution in [0.5, 0.6) is 5.75 Å². The Morgan fingerprint density at radius 1 is 1.47 bits per heavy atom. The summed E-state index contributed by atoms with van der Waals surface area (Å²) in [5.41, 5.74) is 2.06. The van der Waals surface area contributed by atoms with Gasteiger partial charge in [0, 0.05) is 12.5 Å². The van der Waals surface area contributed by atoms with Crippen molar-refractivity contribution in [2.75, 3.05) is 13.7 Å². The second kappa shape index (κ2) is 5.11. The van der Waals surface area contributed by atoms with Crippen LogP contribution in [0.3, 0.4) is 0 Å². The van der Waals surface area contributed by atoms with Crippen LogP contribution in [0.1, 0.15) is 23.5 Å². The number of hydrogen-bond acceptors (Lipinski definition) is 2. The summed E-state index contributed by atoms with van der Waals surface area (Å²) in [6, 6.07) is 5.57. The maximum atomic E-state index is 12.1. The minimum atomic E-state index is -4.82. The topological polar surface area (TPSA) is 38.3 Å². The maximum Gasteiger partial charge on any atom is 0.471 e. The fourth-order valence-corrected chi connectivity index (χ4v) is 2.32. The number of rotatable bonds is 3. The maximum absolute atomic E-state index is 12.1. The Balaban J connectivity index is 2.04. The average Bonchev–Trinajstić information content (AvgIpc) is 2.76. The third kappa shape index (κ3) is 3.00. The minimum Gasteiger partial charge on any atom is -0.497 e. The molecule has 19 heavy (non-hydrogen) atoms. The predicted molar refractivity (Wildman–Crippen MR) is 63.1 cm³/mol. The highest BCUT2D eigenvalue weighted by Crippen LogP contribution is 2.35. The Bertz CT molecular complexity index is 485. The van der Waals surface area contributed by atoms with E-state index >= 15 is 0 Å². The molecule has 3 nitrogen and oxygen atoms in total. The normalized spacial score (nSPS) is 18.0. The monoisotopic (exact) mass is 273 g/mol. The van der Waals surface area contributed by atoms with E-state index in [4.69, 9.17) is 4.74 Å². The molecule has 1 atom stereocenters. The zero-order chi connectivity index (χ0) is 14.0. The fraction of sp³-hybridized carbons (Fsp3) is 0.462. The summed E-state index contributed by atoms with van der Waals surface area (Å²) in [5, 5.41) is 1.94. The van der Waals surface area contributed by atoms with Crippen molar-refractivity contribution in [2.24, 2.45) is 0 Å². The molecule has 6 heteroatoms. The average molecular weight is 273 g/mol. The smallest absolute Gasteiger partial charge is 0.471 e. The number of carbonyl (C=O) groups is 1. The van der Waals surface area contributed by atoms with Gasteiger partial charge in [-0.2, -0.15) is 13.2 Å². The summed E-state index contributed by atoms with van der Waals surface area (Å²) < 4.78 is 41.4. The fourth-order valence-electron chi connectivity index (χ4n) is 2.32. The lowest BCUT2D eigenvalue weighted by atomic mass is 10.0. The van der Waals surface area contributed by atoms with Gasteiger partial charge in [0.25, 0.3) is 0 Å². The van der Waals surface area contributed by atoms with Gasteiger partial charge < -0.3 is 10.1 Å². The molecule has 1 aliphatic carbocycles. The lowest BCUT2D eigenvalue weighted by Gasteiger charge is -2.14. The van der Waals surface area contributed by atoms with Crippen molar-refractivity contribution in [1.82, 2.24) is 5.32 Å². The number of hydrogen-bond donors (Lipinski definition) is 1. The van der Waals surface area contributed by atoms with Crippen molar-refractivity contribution < 1.29 is 22.7 Å².